The smallest absolute Gasteiger partial charge is 0.260 e. The number of hydrogen-bond donors (Lipinski definition) is 2. The summed E-state index contributed by atoms with van der Waals surface area (Å²) in [6.45, 7) is 9.57. The zero-order valence-corrected chi connectivity index (χ0v) is 13.1. The van der Waals surface area contributed by atoms with Gasteiger partial charge in [0.2, 0.25) is 0 Å². The number of ether oxygens (including phenoxy) is 1. The van der Waals surface area contributed by atoms with E-state index in [1.54, 1.807) is 6.92 Å². The number of amides is 1. The topological polar surface area (TPSA) is 50.4 Å². The molecule has 1 aromatic rings. The van der Waals surface area contributed by atoms with Crippen molar-refractivity contribution in [2.75, 3.05) is 20.1 Å². The first kappa shape index (κ1) is 16.5. The summed E-state index contributed by atoms with van der Waals surface area (Å²) >= 11 is 0. The molecular formula is C16H26N2O2. The van der Waals surface area contributed by atoms with E-state index >= 15 is 0 Å². The average Bonchev–Trinajstić information content (AvgIpc) is 2.38. The third kappa shape index (κ3) is 5.21. The Hall–Kier alpha value is -1.55. The van der Waals surface area contributed by atoms with Gasteiger partial charge in [-0.05, 0) is 37.1 Å². The number of benzene rings is 1. The Morgan fingerprint density at radius 3 is 2.60 bits per heavy atom. The van der Waals surface area contributed by atoms with Crippen LogP contribution in [0.25, 0.3) is 0 Å². The van der Waals surface area contributed by atoms with Gasteiger partial charge in [-0.25, -0.2) is 0 Å². The van der Waals surface area contributed by atoms with Crippen LogP contribution in [0.15, 0.2) is 24.3 Å². The Labute approximate surface area is 121 Å². The quantitative estimate of drug-likeness (QED) is 0.783. The minimum absolute atomic E-state index is 0.0671. The van der Waals surface area contributed by atoms with Crippen LogP contribution in [-0.4, -0.2) is 32.1 Å². The summed E-state index contributed by atoms with van der Waals surface area (Å²) in [5.41, 5.74) is 1.26. The van der Waals surface area contributed by atoms with Crippen molar-refractivity contribution < 1.29 is 9.53 Å². The monoisotopic (exact) mass is 278 g/mol. The third-order valence-electron chi connectivity index (χ3n) is 3.06. The Morgan fingerprint density at radius 2 is 2.00 bits per heavy atom. The molecule has 1 rings (SSSR count). The van der Waals surface area contributed by atoms with Crippen LogP contribution in [0.1, 0.15) is 33.3 Å². The van der Waals surface area contributed by atoms with Gasteiger partial charge in [0.1, 0.15) is 5.75 Å². The molecule has 0 aliphatic carbocycles. The molecule has 4 heteroatoms. The van der Waals surface area contributed by atoms with Gasteiger partial charge in [0.05, 0.1) is 0 Å². The van der Waals surface area contributed by atoms with Crippen molar-refractivity contribution >= 4 is 5.91 Å². The second-order valence-electron chi connectivity index (χ2n) is 5.93. The van der Waals surface area contributed by atoms with Crippen LogP contribution >= 0.6 is 0 Å². The average molecular weight is 278 g/mol. The molecule has 0 aliphatic heterocycles. The van der Waals surface area contributed by atoms with Gasteiger partial charge in [-0.3, -0.25) is 4.79 Å². The van der Waals surface area contributed by atoms with Gasteiger partial charge >= 0.3 is 0 Å². The molecule has 0 fully saturated rings. The molecule has 1 aromatic carbocycles. The third-order valence-corrected chi connectivity index (χ3v) is 3.06. The summed E-state index contributed by atoms with van der Waals surface area (Å²) < 4.78 is 5.71. The Morgan fingerprint density at radius 1 is 1.30 bits per heavy atom. The van der Waals surface area contributed by atoms with Crippen molar-refractivity contribution in [1.29, 1.82) is 0 Å². The van der Waals surface area contributed by atoms with Crippen molar-refractivity contribution in [1.82, 2.24) is 10.6 Å². The maximum absolute atomic E-state index is 11.8. The van der Waals surface area contributed by atoms with E-state index in [1.807, 2.05) is 25.2 Å². The molecule has 1 amide bonds. The molecule has 0 radical (unpaired) electrons. The second kappa shape index (κ2) is 7.29. The fourth-order valence-electron chi connectivity index (χ4n) is 1.75. The van der Waals surface area contributed by atoms with Crippen LogP contribution in [0.4, 0.5) is 0 Å². The van der Waals surface area contributed by atoms with E-state index in [9.17, 15) is 4.79 Å². The number of rotatable bonds is 6. The van der Waals surface area contributed by atoms with E-state index in [0.717, 1.165) is 12.3 Å². The largest absolute Gasteiger partial charge is 0.481 e. The Balaban J connectivity index is 2.62. The predicted octanol–water partition coefficient (Wildman–Crippen LogP) is 2.09. The molecular weight excluding hydrogens is 252 g/mol. The molecule has 20 heavy (non-hydrogen) atoms. The van der Waals surface area contributed by atoms with Crippen LogP contribution in [-0.2, 0) is 10.2 Å². The lowest BCUT2D eigenvalue weighted by Crippen LogP contribution is -2.39. The van der Waals surface area contributed by atoms with Crippen LogP contribution < -0.4 is 15.4 Å². The lowest BCUT2D eigenvalue weighted by molar-refractivity contribution is -0.127. The Bertz CT molecular complexity index is 438. The highest BCUT2D eigenvalue weighted by Gasteiger charge is 2.17. The van der Waals surface area contributed by atoms with E-state index in [2.05, 4.69) is 37.5 Å². The first-order valence-electron chi connectivity index (χ1n) is 7.04. The first-order chi connectivity index (χ1) is 9.34. The first-order valence-corrected chi connectivity index (χ1v) is 7.04. The van der Waals surface area contributed by atoms with Gasteiger partial charge in [0.25, 0.3) is 5.91 Å². The van der Waals surface area contributed by atoms with Gasteiger partial charge in [-0.2, -0.15) is 0 Å². The maximum Gasteiger partial charge on any atom is 0.260 e. The highest BCUT2D eigenvalue weighted by Crippen LogP contribution is 2.25. The van der Waals surface area contributed by atoms with Gasteiger partial charge in [-0.1, -0.05) is 32.9 Å². The van der Waals surface area contributed by atoms with Crippen molar-refractivity contribution in [3.05, 3.63) is 29.8 Å². The zero-order chi connectivity index (χ0) is 15.2. The summed E-state index contributed by atoms with van der Waals surface area (Å²) in [6.07, 6.45) is -0.498. The van der Waals surface area contributed by atoms with Gasteiger partial charge in [0, 0.05) is 13.1 Å². The maximum atomic E-state index is 11.8. The number of nitrogens with one attached hydrogen (secondary N) is 2. The predicted molar refractivity (Wildman–Crippen MR) is 82.2 cm³/mol. The van der Waals surface area contributed by atoms with Gasteiger partial charge < -0.3 is 15.4 Å². The van der Waals surface area contributed by atoms with E-state index in [-0.39, 0.29) is 11.3 Å². The Kier molecular flexibility index (Phi) is 6.02. The molecule has 2 N–H and O–H groups in total. The molecule has 1 unspecified atom stereocenters. The molecule has 0 bridgehead atoms. The van der Waals surface area contributed by atoms with E-state index in [4.69, 9.17) is 4.74 Å². The normalized spacial score (nSPS) is 12.8. The molecule has 112 valence electrons. The highest BCUT2D eigenvalue weighted by molar-refractivity contribution is 5.80. The second-order valence-corrected chi connectivity index (χ2v) is 5.93. The number of carbonyl (C=O) groups is 1. The summed E-state index contributed by atoms with van der Waals surface area (Å²) in [5, 5.41) is 5.80. The van der Waals surface area contributed by atoms with Crippen LogP contribution in [0.5, 0.6) is 5.75 Å². The fraction of sp³-hybridized carbons (Fsp3) is 0.562. The van der Waals surface area contributed by atoms with Crippen molar-refractivity contribution in [2.45, 2.75) is 39.2 Å². The summed E-state index contributed by atoms with van der Waals surface area (Å²) in [5.74, 6) is 0.634. The van der Waals surface area contributed by atoms with E-state index in [1.165, 1.54) is 5.56 Å². The summed E-state index contributed by atoms with van der Waals surface area (Å²) in [7, 11) is 1.85. The van der Waals surface area contributed by atoms with E-state index in [0.29, 0.717) is 6.54 Å². The standard InChI is InChI=1S/C16H26N2O2/c1-12(15(19)18-10-9-17-5)20-14-8-6-7-13(11-14)16(2,3)4/h6-8,11-12,17H,9-10H2,1-5H3,(H,18,19). The van der Waals surface area contributed by atoms with Crippen molar-refractivity contribution in [3.63, 3.8) is 0 Å². The molecule has 1 atom stereocenters. The molecule has 0 heterocycles. The van der Waals surface area contributed by atoms with E-state index < -0.39 is 6.10 Å². The lowest BCUT2D eigenvalue weighted by atomic mass is 9.87. The van der Waals surface area contributed by atoms with Crippen molar-refractivity contribution in [3.8, 4) is 5.75 Å². The van der Waals surface area contributed by atoms with Crippen LogP contribution in [0.2, 0.25) is 0 Å². The molecule has 0 saturated carbocycles. The highest BCUT2D eigenvalue weighted by atomic mass is 16.5. The minimum atomic E-state index is -0.498. The minimum Gasteiger partial charge on any atom is -0.481 e. The number of carbonyl (C=O) groups excluding carboxylic acids is 1. The van der Waals surface area contributed by atoms with Crippen LogP contribution in [0.3, 0.4) is 0 Å². The molecule has 4 nitrogen and oxygen atoms in total. The molecule has 0 saturated heterocycles. The molecule has 0 spiro atoms. The van der Waals surface area contributed by atoms with Gasteiger partial charge in [0.15, 0.2) is 6.10 Å². The molecule has 0 aliphatic rings. The van der Waals surface area contributed by atoms with Crippen LogP contribution in [0, 0.1) is 0 Å². The SMILES string of the molecule is CNCCNC(=O)C(C)Oc1cccc(C(C)(C)C)c1. The fourth-order valence-corrected chi connectivity index (χ4v) is 1.75. The van der Waals surface area contributed by atoms with Crippen molar-refractivity contribution in [2.24, 2.45) is 0 Å². The lowest BCUT2D eigenvalue weighted by Gasteiger charge is -2.21. The number of hydrogen-bond acceptors (Lipinski definition) is 3. The molecule has 0 aromatic heterocycles. The van der Waals surface area contributed by atoms with Gasteiger partial charge in [-0.15, -0.1) is 0 Å². The zero-order valence-electron chi connectivity index (χ0n) is 13.1. The summed E-state index contributed by atoms with van der Waals surface area (Å²) in [4.78, 5) is 11.8. The number of likely N-dealkylation sites (N-methyl/N-ethyl adjacent to an activating group) is 1. The summed E-state index contributed by atoms with van der Waals surface area (Å²) in [6, 6.07) is 7.91.